The minimum Gasteiger partial charge on any atom is -0.331 e. The first-order chi connectivity index (χ1) is 16.1. The average Bonchev–Trinajstić information content (AvgIpc) is 3.27. The maximum Gasteiger partial charge on any atom is 0.246 e. The molecule has 0 fully saturated rings. The standard InChI is InChI=1S/C26H23N5O2/c1-17(19-9-7-18(14-27)8-10-19)15-28-25(20-5-3-2-4-6-20)26(33)29-21-11-12-22-23(13-21)31-24(16-32)30-22/h2-13,17,25,28,30-31H,15H2,1H3,(H,29,33)/t17-,25+/m1/s1. The van der Waals surface area contributed by atoms with Gasteiger partial charge in [0.05, 0.1) is 23.0 Å². The molecular formula is C26H23N5O2. The normalized spacial score (nSPS) is 13.5. The van der Waals surface area contributed by atoms with Gasteiger partial charge in [-0.05, 0) is 47.4 Å². The molecule has 0 spiro atoms. The van der Waals surface area contributed by atoms with Gasteiger partial charge in [-0.2, -0.15) is 5.26 Å². The van der Waals surface area contributed by atoms with Gasteiger partial charge in [0.15, 0.2) is 11.8 Å². The minimum absolute atomic E-state index is 0.139. The van der Waals surface area contributed by atoms with Crippen LogP contribution in [0.4, 0.5) is 17.1 Å². The second-order valence-corrected chi connectivity index (χ2v) is 7.86. The van der Waals surface area contributed by atoms with Crippen LogP contribution in [-0.4, -0.2) is 18.4 Å². The Kier molecular flexibility index (Phi) is 6.51. The average molecular weight is 438 g/mol. The topological polar surface area (TPSA) is 106 Å². The van der Waals surface area contributed by atoms with E-state index in [1.165, 1.54) is 0 Å². The molecule has 33 heavy (non-hydrogen) atoms. The van der Waals surface area contributed by atoms with Crippen LogP contribution in [0.2, 0.25) is 0 Å². The Bertz CT molecular complexity index is 1240. The summed E-state index contributed by atoms with van der Waals surface area (Å²) in [6.45, 7) is 2.65. The number of nitriles is 1. The largest absolute Gasteiger partial charge is 0.331 e. The number of hydrogen-bond acceptors (Lipinski definition) is 6. The Hall–Kier alpha value is -4.37. The molecule has 0 saturated carbocycles. The highest BCUT2D eigenvalue weighted by Gasteiger charge is 2.22. The summed E-state index contributed by atoms with van der Waals surface area (Å²) in [5, 5.41) is 21.2. The van der Waals surface area contributed by atoms with Crippen LogP contribution >= 0.6 is 0 Å². The van der Waals surface area contributed by atoms with Crippen LogP contribution in [-0.2, 0) is 9.59 Å². The van der Waals surface area contributed by atoms with Gasteiger partial charge in [0.25, 0.3) is 0 Å². The lowest BCUT2D eigenvalue weighted by Gasteiger charge is -2.22. The van der Waals surface area contributed by atoms with E-state index in [-0.39, 0.29) is 17.6 Å². The number of nitrogens with one attached hydrogen (secondary N) is 4. The number of carbonyl (C=O) groups excluding carboxylic acids is 2. The first-order valence-electron chi connectivity index (χ1n) is 10.6. The van der Waals surface area contributed by atoms with E-state index in [1.807, 2.05) is 42.5 Å². The van der Waals surface area contributed by atoms with Crippen molar-refractivity contribution in [1.29, 1.82) is 5.26 Å². The van der Waals surface area contributed by atoms with Crippen molar-refractivity contribution in [3.8, 4) is 6.07 Å². The molecule has 7 nitrogen and oxygen atoms in total. The lowest BCUT2D eigenvalue weighted by molar-refractivity contribution is -0.118. The molecule has 0 aromatic heterocycles. The molecule has 0 unspecified atom stereocenters. The summed E-state index contributed by atoms with van der Waals surface area (Å²) >= 11 is 0. The van der Waals surface area contributed by atoms with Gasteiger partial charge in [-0.15, -0.1) is 0 Å². The van der Waals surface area contributed by atoms with Crippen LogP contribution < -0.4 is 21.3 Å². The maximum absolute atomic E-state index is 13.3. The van der Waals surface area contributed by atoms with Crippen LogP contribution in [0.1, 0.15) is 35.6 Å². The Morgan fingerprint density at radius 3 is 2.39 bits per heavy atom. The highest BCUT2D eigenvalue weighted by molar-refractivity contribution is 5.97. The van der Waals surface area contributed by atoms with E-state index in [0.29, 0.717) is 23.5 Å². The predicted octanol–water partition coefficient (Wildman–Crippen LogP) is 4.14. The number of carbonyl (C=O) groups is 1. The number of amides is 1. The highest BCUT2D eigenvalue weighted by atomic mass is 16.2. The molecule has 164 valence electrons. The molecule has 3 aromatic carbocycles. The summed E-state index contributed by atoms with van der Waals surface area (Å²) in [5.74, 6) is 1.98. The smallest absolute Gasteiger partial charge is 0.246 e. The molecule has 4 rings (SSSR count). The third-order valence-electron chi connectivity index (χ3n) is 5.54. The van der Waals surface area contributed by atoms with Crippen molar-refractivity contribution >= 4 is 28.9 Å². The highest BCUT2D eigenvalue weighted by Crippen LogP contribution is 2.32. The van der Waals surface area contributed by atoms with E-state index in [2.05, 4.69) is 34.3 Å². The monoisotopic (exact) mass is 437 g/mol. The van der Waals surface area contributed by atoms with Gasteiger partial charge in [-0.3, -0.25) is 4.79 Å². The van der Waals surface area contributed by atoms with Gasteiger partial charge in [0, 0.05) is 12.2 Å². The van der Waals surface area contributed by atoms with Gasteiger partial charge in [0.2, 0.25) is 5.91 Å². The first-order valence-corrected chi connectivity index (χ1v) is 10.6. The minimum atomic E-state index is -0.559. The predicted molar refractivity (Wildman–Crippen MR) is 128 cm³/mol. The van der Waals surface area contributed by atoms with Gasteiger partial charge in [-0.25, -0.2) is 4.79 Å². The Morgan fingerprint density at radius 1 is 0.970 bits per heavy atom. The third kappa shape index (κ3) is 5.10. The zero-order chi connectivity index (χ0) is 23.2. The lowest BCUT2D eigenvalue weighted by Crippen LogP contribution is -2.35. The van der Waals surface area contributed by atoms with Crippen molar-refractivity contribution in [3.05, 3.63) is 95.3 Å². The molecule has 0 saturated heterocycles. The summed E-state index contributed by atoms with van der Waals surface area (Å²) in [5.41, 5.74) is 4.63. The van der Waals surface area contributed by atoms with Crippen LogP contribution in [0.15, 0.2) is 78.6 Å². The van der Waals surface area contributed by atoms with Gasteiger partial charge in [-0.1, -0.05) is 49.4 Å². The third-order valence-corrected chi connectivity index (χ3v) is 5.54. The zero-order valence-electron chi connectivity index (χ0n) is 18.1. The fourth-order valence-corrected chi connectivity index (χ4v) is 3.71. The van der Waals surface area contributed by atoms with Crippen molar-refractivity contribution in [1.82, 2.24) is 5.32 Å². The van der Waals surface area contributed by atoms with Crippen molar-refractivity contribution in [2.24, 2.45) is 0 Å². The van der Waals surface area contributed by atoms with E-state index >= 15 is 0 Å². The maximum atomic E-state index is 13.3. The second-order valence-electron chi connectivity index (χ2n) is 7.86. The molecule has 1 aliphatic rings. The number of anilines is 3. The SMILES string of the molecule is C[C@H](CN[C@H](C(=O)Nc1ccc2c(c1)NC(=C=O)N2)c1ccccc1)c1ccc(C#N)cc1. The summed E-state index contributed by atoms with van der Waals surface area (Å²) < 4.78 is 0. The van der Waals surface area contributed by atoms with E-state index < -0.39 is 6.04 Å². The molecule has 1 aliphatic heterocycles. The fourth-order valence-electron chi connectivity index (χ4n) is 3.71. The molecule has 0 bridgehead atoms. The van der Waals surface area contributed by atoms with Crippen molar-refractivity contribution in [2.75, 3.05) is 22.5 Å². The Balaban J connectivity index is 1.48. The quantitative estimate of drug-likeness (QED) is 0.414. The number of fused-ring (bicyclic) bond motifs is 1. The molecule has 0 aliphatic carbocycles. The number of hydrogen-bond donors (Lipinski definition) is 4. The molecular weight excluding hydrogens is 414 g/mol. The van der Waals surface area contributed by atoms with Crippen molar-refractivity contribution < 1.29 is 9.59 Å². The Morgan fingerprint density at radius 2 is 1.70 bits per heavy atom. The van der Waals surface area contributed by atoms with E-state index in [9.17, 15) is 9.59 Å². The number of rotatable bonds is 7. The zero-order valence-corrected chi connectivity index (χ0v) is 18.1. The molecule has 7 heteroatoms. The lowest BCUT2D eigenvalue weighted by atomic mass is 9.98. The summed E-state index contributed by atoms with van der Waals surface area (Å²) in [4.78, 5) is 24.1. The van der Waals surface area contributed by atoms with Crippen molar-refractivity contribution in [3.63, 3.8) is 0 Å². The summed E-state index contributed by atoms with van der Waals surface area (Å²) in [6.07, 6.45) is 0. The van der Waals surface area contributed by atoms with E-state index in [0.717, 1.165) is 16.8 Å². The molecule has 1 heterocycles. The summed E-state index contributed by atoms with van der Waals surface area (Å²) in [7, 11) is 0. The molecule has 1 amide bonds. The second kappa shape index (κ2) is 9.84. The molecule has 2 atom stereocenters. The Labute approximate surface area is 192 Å². The number of benzene rings is 3. The van der Waals surface area contributed by atoms with Crippen molar-refractivity contribution in [2.45, 2.75) is 18.9 Å². The summed E-state index contributed by atoms with van der Waals surface area (Å²) in [6, 6.07) is 23.9. The van der Waals surface area contributed by atoms with Crippen LogP contribution in [0.3, 0.4) is 0 Å². The fraction of sp³-hybridized carbons (Fsp3) is 0.154. The van der Waals surface area contributed by atoms with Gasteiger partial charge in [0.1, 0.15) is 6.04 Å². The molecule has 0 radical (unpaired) electrons. The van der Waals surface area contributed by atoms with Gasteiger partial charge >= 0.3 is 0 Å². The van der Waals surface area contributed by atoms with Gasteiger partial charge < -0.3 is 21.3 Å². The van der Waals surface area contributed by atoms with Crippen LogP contribution in [0.5, 0.6) is 0 Å². The molecule has 3 aromatic rings. The molecule has 4 N–H and O–H groups in total. The van der Waals surface area contributed by atoms with E-state index in [4.69, 9.17) is 5.26 Å². The first kappa shape index (κ1) is 21.8. The van der Waals surface area contributed by atoms with Crippen LogP contribution in [0, 0.1) is 11.3 Å². The van der Waals surface area contributed by atoms with E-state index in [1.54, 1.807) is 36.3 Å². The number of nitrogens with zero attached hydrogens (tertiary/aromatic N) is 1. The van der Waals surface area contributed by atoms with Crippen LogP contribution in [0.25, 0.3) is 0 Å².